The lowest BCUT2D eigenvalue weighted by Gasteiger charge is -2.02. The third kappa shape index (κ3) is 3.68. The van der Waals surface area contributed by atoms with Crippen LogP contribution >= 0.6 is 15.9 Å². The van der Waals surface area contributed by atoms with E-state index in [1.165, 1.54) is 11.1 Å². The number of carbonyl (C=O) groups excluding carboxylic acids is 1. The summed E-state index contributed by atoms with van der Waals surface area (Å²) in [7, 11) is 0. The first-order chi connectivity index (χ1) is 11.0. The fourth-order valence-electron chi connectivity index (χ4n) is 2.06. The van der Waals surface area contributed by atoms with Gasteiger partial charge >= 0.3 is 6.01 Å². The number of anilines is 1. The van der Waals surface area contributed by atoms with Gasteiger partial charge in [-0.05, 0) is 58.6 Å². The number of hydrogen-bond donors (Lipinski definition) is 1. The average Bonchev–Trinajstić information content (AvgIpc) is 3.12. The highest BCUT2D eigenvalue weighted by Gasteiger charge is 2.15. The number of halogens is 1. The van der Waals surface area contributed by atoms with Crippen molar-refractivity contribution in [2.75, 3.05) is 5.32 Å². The standard InChI is InChI=1S/C16H14BrN3O3/c1-9-3-4-11(7-10(9)2)8-14-19-20-16(23-14)18-15(21)12-5-6-13(17)22-12/h3-7H,8H2,1-2H3,(H,18,20,21). The number of benzene rings is 1. The van der Waals surface area contributed by atoms with E-state index >= 15 is 0 Å². The minimum atomic E-state index is -0.447. The van der Waals surface area contributed by atoms with Crippen LogP contribution in [-0.2, 0) is 6.42 Å². The second-order valence-electron chi connectivity index (χ2n) is 5.15. The van der Waals surface area contributed by atoms with Gasteiger partial charge in [0.25, 0.3) is 5.91 Å². The van der Waals surface area contributed by atoms with Gasteiger partial charge in [0, 0.05) is 0 Å². The summed E-state index contributed by atoms with van der Waals surface area (Å²) in [6, 6.07) is 9.38. The second kappa shape index (κ2) is 6.37. The van der Waals surface area contributed by atoms with Crippen molar-refractivity contribution in [1.82, 2.24) is 10.2 Å². The minimum absolute atomic E-state index is 0.0429. The lowest BCUT2D eigenvalue weighted by molar-refractivity contribution is 0.0992. The molecule has 0 unspecified atom stereocenters. The van der Waals surface area contributed by atoms with E-state index < -0.39 is 5.91 Å². The van der Waals surface area contributed by atoms with Gasteiger partial charge in [-0.3, -0.25) is 10.1 Å². The van der Waals surface area contributed by atoms with Crippen molar-refractivity contribution in [3.05, 3.63) is 63.3 Å². The molecular weight excluding hydrogens is 362 g/mol. The van der Waals surface area contributed by atoms with Crippen molar-refractivity contribution in [3.8, 4) is 0 Å². The van der Waals surface area contributed by atoms with E-state index in [0.29, 0.717) is 17.0 Å². The Morgan fingerprint density at radius 1 is 1.13 bits per heavy atom. The van der Waals surface area contributed by atoms with Gasteiger partial charge < -0.3 is 8.83 Å². The second-order valence-corrected chi connectivity index (χ2v) is 5.94. The summed E-state index contributed by atoms with van der Waals surface area (Å²) in [5.41, 5.74) is 3.51. The zero-order valence-corrected chi connectivity index (χ0v) is 14.2. The van der Waals surface area contributed by atoms with Gasteiger partial charge in [-0.1, -0.05) is 23.3 Å². The van der Waals surface area contributed by atoms with E-state index in [1.807, 2.05) is 6.07 Å². The van der Waals surface area contributed by atoms with Crippen LogP contribution < -0.4 is 5.32 Å². The lowest BCUT2D eigenvalue weighted by Crippen LogP contribution is -2.10. The Balaban J connectivity index is 1.68. The van der Waals surface area contributed by atoms with Crippen molar-refractivity contribution < 1.29 is 13.6 Å². The number of hydrogen-bond acceptors (Lipinski definition) is 5. The maximum Gasteiger partial charge on any atom is 0.322 e. The molecule has 23 heavy (non-hydrogen) atoms. The van der Waals surface area contributed by atoms with Crippen molar-refractivity contribution in [2.45, 2.75) is 20.3 Å². The summed E-state index contributed by atoms with van der Waals surface area (Å²) in [4.78, 5) is 11.9. The number of nitrogens with one attached hydrogen (secondary N) is 1. The van der Waals surface area contributed by atoms with Crippen LogP contribution in [0.25, 0.3) is 0 Å². The van der Waals surface area contributed by atoms with E-state index in [1.54, 1.807) is 12.1 Å². The predicted octanol–water partition coefficient (Wildman–Crippen LogP) is 3.89. The molecule has 2 aromatic heterocycles. The summed E-state index contributed by atoms with van der Waals surface area (Å²) in [5.74, 6) is 0.145. The Labute approximate surface area is 141 Å². The zero-order chi connectivity index (χ0) is 16.4. The molecular formula is C16H14BrN3O3. The van der Waals surface area contributed by atoms with Gasteiger partial charge in [-0.25, -0.2) is 0 Å². The monoisotopic (exact) mass is 375 g/mol. The topological polar surface area (TPSA) is 81.2 Å². The highest BCUT2D eigenvalue weighted by Crippen LogP contribution is 2.17. The van der Waals surface area contributed by atoms with Crippen molar-refractivity contribution >= 4 is 27.9 Å². The van der Waals surface area contributed by atoms with Crippen LogP contribution in [0.2, 0.25) is 0 Å². The van der Waals surface area contributed by atoms with E-state index in [4.69, 9.17) is 8.83 Å². The molecule has 1 N–H and O–H groups in total. The van der Waals surface area contributed by atoms with Crippen LogP contribution in [-0.4, -0.2) is 16.1 Å². The van der Waals surface area contributed by atoms with Gasteiger partial charge in [0.15, 0.2) is 10.4 Å². The number of furan rings is 1. The van der Waals surface area contributed by atoms with Crippen molar-refractivity contribution in [2.24, 2.45) is 0 Å². The maximum atomic E-state index is 11.9. The SMILES string of the molecule is Cc1ccc(Cc2nnc(NC(=O)c3ccc(Br)o3)o2)cc1C. The summed E-state index contributed by atoms with van der Waals surface area (Å²) < 4.78 is 11.1. The van der Waals surface area contributed by atoms with E-state index in [-0.39, 0.29) is 11.8 Å². The van der Waals surface area contributed by atoms with E-state index in [0.717, 1.165) is 5.56 Å². The molecule has 0 spiro atoms. The Morgan fingerprint density at radius 2 is 1.96 bits per heavy atom. The summed E-state index contributed by atoms with van der Waals surface area (Å²) >= 11 is 3.14. The average molecular weight is 376 g/mol. The minimum Gasteiger partial charge on any atom is -0.444 e. The molecule has 3 aromatic rings. The Hall–Kier alpha value is -2.41. The summed E-state index contributed by atoms with van der Waals surface area (Å²) in [5, 5.41) is 10.3. The van der Waals surface area contributed by atoms with Gasteiger partial charge in [0.1, 0.15) is 0 Å². The molecule has 6 nitrogen and oxygen atoms in total. The third-order valence-electron chi connectivity index (χ3n) is 3.41. The fourth-order valence-corrected chi connectivity index (χ4v) is 2.37. The highest BCUT2D eigenvalue weighted by atomic mass is 79.9. The van der Waals surface area contributed by atoms with Gasteiger partial charge in [-0.2, -0.15) is 0 Å². The molecule has 0 atom stereocenters. The van der Waals surface area contributed by atoms with Gasteiger partial charge in [-0.15, -0.1) is 5.10 Å². The molecule has 0 aliphatic carbocycles. The molecule has 0 aliphatic heterocycles. The molecule has 1 aromatic carbocycles. The van der Waals surface area contributed by atoms with Crippen molar-refractivity contribution in [1.29, 1.82) is 0 Å². The lowest BCUT2D eigenvalue weighted by atomic mass is 10.0. The van der Waals surface area contributed by atoms with E-state index in [2.05, 4.69) is 57.4 Å². The summed E-state index contributed by atoms with van der Waals surface area (Å²) in [6.07, 6.45) is 0.510. The molecule has 0 saturated heterocycles. The zero-order valence-electron chi connectivity index (χ0n) is 12.6. The number of nitrogens with zero attached hydrogens (tertiary/aromatic N) is 2. The molecule has 1 amide bonds. The van der Waals surface area contributed by atoms with Crippen LogP contribution in [0.1, 0.15) is 33.1 Å². The largest absolute Gasteiger partial charge is 0.444 e. The molecule has 0 radical (unpaired) electrons. The maximum absolute atomic E-state index is 11.9. The fraction of sp³-hybridized carbons (Fsp3) is 0.188. The molecule has 7 heteroatoms. The molecule has 118 valence electrons. The number of rotatable bonds is 4. The normalized spacial score (nSPS) is 10.7. The quantitative estimate of drug-likeness (QED) is 0.747. The first-order valence-corrected chi connectivity index (χ1v) is 7.76. The summed E-state index contributed by atoms with van der Waals surface area (Å²) in [6.45, 7) is 4.12. The Morgan fingerprint density at radius 3 is 2.65 bits per heavy atom. The molecule has 0 bridgehead atoms. The molecule has 0 aliphatic rings. The van der Waals surface area contributed by atoms with Crippen LogP contribution in [0.15, 0.2) is 43.8 Å². The molecule has 0 fully saturated rings. The van der Waals surface area contributed by atoms with Crippen molar-refractivity contribution in [3.63, 3.8) is 0 Å². The number of amides is 1. The molecule has 2 heterocycles. The first kappa shape index (κ1) is 15.5. The van der Waals surface area contributed by atoms with Crippen LogP contribution in [0.5, 0.6) is 0 Å². The predicted molar refractivity (Wildman–Crippen MR) is 87.4 cm³/mol. The molecule has 0 saturated carbocycles. The number of aryl methyl sites for hydroxylation is 2. The van der Waals surface area contributed by atoms with Crippen LogP contribution in [0, 0.1) is 13.8 Å². The smallest absolute Gasteiger partial charge is 0.322 e. The Kier molecular flexibility index (Phi) is 4.29. The van der Waals surface area contributed by atoms with Crippen LogP contribution in [0.4, 0.5) is 6.01 Å². The van der Waals surface area contributed by atoms with Gasteiger partial charge in [0.2, 0.25) is 5.89 Å². The Bertz CT molecular complexity index is 854. The first-order valence-electron chi connectivity index (χ1n) is 6.96. The highest BCUT2D eigenvalue weighted by molar-refractivity contribution is 9.10. The third-order valence-corrected chi connectivity index (χ3v) is 3.84. The number of carbonyl (C=O) groups is 1. The van der Waals surface area contributed by atoms with E-state index in [9.17, 15) is 4.79 Å². The van der Waals surface area contributed by atoms with Crippen LogP contribution in [0.3, 0.4) is 0 Å². The molecule has 3 rings (SSSR count). The number of aromatic nitrogens is 2. The van der Waals surface area contributed by atoms with Gasteiger partial charge in [0.05, 0.1) is 6.42 Å².